The highest BCUT2D eigenvalue weighted by atomic mass is 14.6. The molecule has 0 fully saturated rings. The van der Waals surface area contributed by atoms with Crippen LogP contribution in [0, 0.1) is 0 Å². The van der Waals surface area contributed by atoms with Crippen molar-refractivity contribution in [1.82, 2.24) is 4.98 Å². The number of aromatic nitrogens is 1. The maximum Gasteiger partial charge on any atom is 0.0305 e. The lowest BCUT2D eigenvalue weighted by molar-refractivity contribution is 0.587. The van der Waals surface area contributed by atoms with Crippen molar-refractivity contribution in [2.75, 3.05) is 0 Å². The van der Waals surface area contributed by atoms with Crippen molar-refractivity contribution in [3.05, 3.63) is 102 Å². The molecule has 162 valence electrons. The van der Waals surface area contributed by atoms with Crippen LogP contribution in [0.15, 0.2) is 85.2 Å². The molecule has 1 heteroatoms. The van der Waals surface area contributed by atoms with Crippen molar-refractivity contribution >= 4 is 0 Å². The Balaban J connectivity index is 0.000000225. The Morgan fingerprint density at radius 1 is 0.433 bits per heavy atom. The fourth-order valence-electron chi connectivity index (χ4n) is 2.68. The molecule has 0 atom stereocenters. The van der Waals surface area contributed by atoms with Gasteiger partial charge in [-0.15, -0.1) is 0 Å². The quantitative estimate of drug-likeness (QED) is 0.367. The number of benzene rings is 2. The fourth-order valence-corrected chi connectivity index (χ4v) is 2.68. The molecule has 0 amide bonds. The Morgan fingerprint density at radius 3 is 0.967 bits per heavy atom. The van der Waals surface area contributed by atoms with Gasteiger partial charge in [0.2, 0.25) is 0 Å². The number of hydrogen-bond acceptors (Lipinski definition) is 1. The van der Waals surface area contributed by atoms with Gasteiger partial charge in [0, 0.05) is 12.4 Å². The zero-order valence-electron chi connectivity index (χ0n) is 20.5. The van der Waals surface area contributed by atoms with E-state index in [1.54, 1.807) is 6.20 Å². The molecular formula is C29H41N. The van der Waals surface area contributed by atoms with Crippen LogP contribution in [-0.2, 0) is 16.2 Å². The van der Waals surface area contributed by atoms with Crippen molar-refractivity contribution in [3.8, 4) is 0 Å². The zero-order valence-corrected chi connectivity index (χ0v) is 20.5. The molecule has 0 spiro atoms. The molecule has 30 heavy (non-hydrogen) atoms. The van der Waals surface area contributed by atoms with Crippen LogP contribution in [0.2, 0.25) is 0 Å². The largest absolute Gasteiger partial charge is 0.264 e. The zero-order chi connectivity index (χ0) is 22.8. The smallest absolute Gasteiger partial charge is 0.0305 e. The number of rotatable bonds is 0. The van der Waals surface area contributed by atoms with E-state index < -0.39 is 0 Å². The maximum absolute atomic E-state index is 4.05. The summed E-state index contributed by atoms with van der Waals surface area (Å²) in [5, 5.41) is 0. The summed E-state index contributed by atoms with van der Waals surface area (Å²) in [5.74, 6) is 0. The van der Waals surface area contributed by atoms with Crippen molar-refractivity contribution < 1.29 is 0 Å². The minimum Gasteiger partial charge on any atom is -0.264 e. The summed E-state index contributed by atoms with van der Waals surface area (Å²) in [6, 6.07) is 25.2. The average Bonchev–Trinajstić information content (AvgIpc) is 2.69. The van der Waals surface area contributed by atoms with Gasteiger partial charge >= 0.3 is 0 Å². The normalized spacial score (nSPS) is 11.5. The van der Waals surface area contributed by atoms with Crippen molar-refractivity contribution in [1.29, 1.82) is 0 Å². The van der Waals surface area contributed by atoms with Gasteiger partial charge in [-0.1, -0.05) is 129 Å². The molecule has 1 heterocycles. The second kappa shape index (κ2) is 11.1. The first kappa shape index (κ1) is 25.6. The number of hydrogen-bond donors (Lipinski definition) is 0. The monoisotopic (exact) mass is 403 g/mol. The SMILES string of the molecule is CC(C)(C)c1ccccc1.CC(C)(C)c1ccccc1.CC(C)(C)c1cccnc1. The highest BCUT2D eigenvalue weighted by Crippen LogP contribution is 2.21. The lowest BCUT2D eigenvalue weighted by Crippen LogP contribution is -2.10. The van der Waals surface area contributed by atoms with Gasteiger partial charge in [-0.2, -0.15) is 0 Å². The van der Waals surface area contributed by atoms with Crippen molar-refractivity contribution in [3.63, 3.8) is 0 Å². The topological polar surface area (TPSA) is 12.9 Å². The Hall–Kier alpha value is -2.41. The molecular weight excluding hydrogens is 362 g/mol. The molecule has 0 saturated heterocycles. The predicted octanol–water partition coefficient (Wildman–Crippen LogP) is 8.35. The molecule has 1 aromatic heterocycles. The third-order valence-corrected chi connectivity index (χ3v) is 4.81. The Morgan fingerprint density at radius 2 is 0.767 bits per heavy atom. The summed E-state index contributed by atoms with van der Waals surface area (Å²) in [7, 11) is 0. The van der Waals surface area contributed by atoms with Crippen LogP contribution < -0.4 is 0 Å². The maximum atomic E-state index is 4.05. The molecule has 0 saturated carbocycles. The van der Waals surface area contributed by atoms with Gasteiger partial charge in [0.25, 0.3) is 0 Å². The first-order chi connectivity index (χ1) is 13.8. The van der Waals surface area contributed by atoms with Crippen LogP contribution in [0.25, 0.3) is 0 Å². The third kappa shape index (κ3) is 9.87. The average molecular weight is 404 g/mol. The van der Waals surface area contributed by atoms with E-state index in [2.05, 4.69) is 134 Å². The summed E-state index contributed by atoms with van der Waals surface area (Å²) < 4.78 is 0. The second-order valence-corrected chi connectivity index (χ2v) is 10.7. The molecule has 0 aliphatic carbocycles. The molecule has 0 radical (unpaired) electrons. The minimum absolute atomic E-state index is 0.230. The van der Waals surface area contributed by atoms with Crippen LogP contribution in [0.5, 0.6) is 0 Å². The van der Waals surface area contributed by atoms with Crippen LogP contribution >= 0.6 is 0 Å². The van der Waals surface area contributed by atoms with E-state index in [0.717, 1.165) is 0 Å². The predicted molar refractivity (Wildman–Crippen MR) is 133 cm³/mol. The van der Waals surface area contributed by atoms with E-state index in [1.165, 1.54) is 16.7 Å². The Kier molecular flexibility index (Phi) is 9.49. The third-order valence-electron chi connectivity index (χ3n) is 4.81. The lowest BCUT2D eigenvalue weighted by Gasteiger charge is -2.18. The van der Waals surface area contributed by atoms with Gasteiger partial charge in [0.1, 0.15) is 0 Å². The van der Waals surface area contributed by atoms with Crippen LogP contribution in [0.3, 0.4) is 0 Å². The van der Waals surface area contributed by atoms with Crippen LogP contribution in [0.4, 0.5) is 0 Å². The van der Waals surface area contributed by atoms with Gasteiger partial charge in [0.15, 0.2) is 0 Å². The summed E-state index contributed by atoms with van der Waals surface area (Å²) in [6.45, 7) is 19.9. The van der Waals surface area contributed by atoms with Gasteiger partial charge < -0.3 is 0 Å². The van der Waals surface area contributed by atoms with Gasteiger partial charge in [-0.25, -0.2) is 0 Å². The molecule has 0 aliphatic heterocycles. The summed E-state index contributed by atoms with van der Waals surface area (Å²) in [4.78, 5) is 4.05. The number of pyridine rings is 1. The van der Waals surface area contributed by atoms with Gasteiger partial charge in [-0.3, -0.25) is 4.98 Å². The first-order valence-corrected chi connectivity index (χ1v) is 10.8. The van der Waals surface area contributed by atoms with E-state index in [9.17, 15) is 0 Å². The van der Waals surface area contributed by atoms with Crippen LogP contribution in [0.1, 0.15) is 79.0 Å². The highest BCUT2D eigenvalue weighted by molar-refractivity contribution is 5.23. The molecule has 3 rings (SSSR count). The minimum atomic E-state index is 0.230. The lowest BCUT2D eigenvalue weighted by atomic mass is 9.87. The summed E-state index contributed by atoms with van der Waals surface area (Å²) in [5.41, 5.74) is 4.90. The highest BCUT2D eigenvalue weighted by Gasteiger charge is 2.13. The summed E-state index contributed by atoms with van der Waals surface area (Å²) in [6.07, 6.45) is 3.72. The van der Waals surface area contributed by atoms with Gasteiger partial charge in [0.05, 0.1) is 0 Å². The summed E-state index contributed by atoms with van der Waals surface area (Å²) >= 11 is 0. The molecule has 0 unspecified atom stereocenters. The molecule has 1 nitrogen and oxygen atoms in total. The number of nitrogens with zero attached hydrogens (tertiary/aromatic N) is 1. The Bertz CT molecular complexity index is 697. The fraction of sp³-hybridized carbons (Fsp3) is 0.414. The van der Waals surface area contributed by atoms with Crippen LogP contribution in [-0.4, -0.2) is 4.98 Å². The second-order valence-electron chi connectivity index (χ2n) is 10.7. The molecule has 2 aromatic carbocycles. The first-order valence-electron chi connectivity index (χ1n) is 10.8. The molecule has 0 N–H and O–H groups in total. The van der Waals surface area contributed by atoms with E-state index in [1.807, 2.05) is 12.3 Å². The standard InChI is InChI=1S/2C10H14.C9H13N/c2*1-10(2,3)9-7-5-4-6-8-9;1-9(2,3)8-5-4-6-10-7-8/h2*4-8H,1-3H3;4-7H,1-3H3. The van der Waals surface area contributed by atoms with Crippen molar-refractivity contribution in [2.24, 2.45) is 0 Å². The van der Waals surface area contributed by atoms with E-state index in [4.69, 9.17) is 0 Å². The van der Waals surface area contributed by atoms with E-state index >= 15 is 0 Å². The molecule has 3 aromatic rings. The van der Waals surface area contributed by atoms with E-state index in [-0.39, 0.29) is 5.41 Å². The van der Waals surface area contributed by atoms with Crippen molar-refractivity contribution in [2.45, 2.75) is 78.6 Å². The molecule has 0 aliphatic rings. The Labute approximate surface area is 185 Å². The van der Waals surface area contributed by atoms with Gasteiger partial charge in [-0.05, 0) is 39.0 Å². The molecule has 0 bridgehead atoms. The van der Waals surface area contributed by atoms with E-state index in [0.29, 0.717) is 10.8 Å².